The maximum Gasteiger partial charge on any atom is 0.220 e. The van der Waals surface area contributed by atoms with Crippen molar-refractivity contribution in [3.05, 3.63) is 0 Å². The van der Waals surface area contributed by atoms with Crippen LogP contribution in [0.3, 0.4) is 0 Å². The molecule has 54 heavy (non-hydrogen) atoms. The second kappa shape index (κ2) is 33.7. The van der Waals surface area contributed by atoms with Crippen LogP contribution in [0.25, 0.3) is 0 Å². The molecule has 8 atom stereocenters. The van der Waals surface area contributed by atoms with Crippen LogP contribution in [-0.2, 0) is 19.1 Å². The fourth-order valence-corrected chi connectivity index (χ4v) is 7.04. The number of nitrogens with one attached hydrogen (secondary N) is 2. The largest absolute Gasteiger partial charge is 0.394 e. The van der Waals surface area contributed by atoms with Crippen LogP contribution in [-0.4, -0.2) is 111 Å². The van der Waals surface area contributed by atoms with Crippen LogP contribution >= 0.6 is 0 Å². The Morgan fingerprint density at radius 2 is 1.07 bits per heavy atom. The molecule has 1 rings (SSSR count). The summed E-state index contributed by atoms with van der Waals surface area (Å²) in [5.41, 5.74) is 0. The van der Waals surface area contributed by atoms with Gasteiger partial charge in [-0.2, -0.15) is 0 Å². The third kappa shape index (κ3) is 24.3. The lowest BCUT2D eigenvalue weighted by atomic mass is 9.98. The van der Waals surface area contributed by atoms with E-state index >= 15 is 0 Å². The maximum absolute atomic E-state index is 13.0. The minimum absolute atomic E-state index is 0.160. The Bertz CT molecular complexity index is 897. The van der Waals surface area contributed by atoms with Gasteiger partial charge in [0.25, 0.3) is 0 Å². The molecule has 0 unspecified atom stereocenters. The van der Waals surface area contributed by atoms with Crippen LogP contribution in [0.4, 0.5) is 0 Å². The van der Waals surface area contributed by atoms with Crippen LogP contribution in [0.2, 0.25) is 0 Å². The Hall–Kier alpha value is -1.38. The molecular formula is C42H82N2O10. The Morgan fingerprint density at radius 3 is 1.63 bits per heavy atom. The molecule has 0 spiro atoms. The zero-order chi connectivity index (χ0) is 39.8. The van der Waals surface area contributed by atoms with Crippen molar-refractivity contribution in [3.63, 3.8) is 0 Å². The molecule has 12 heteroatoms. The quantitative estimate of drug-likeness (QED) is 0.0366. The number of carbonyl (C=O) groups is 2. The predicted octanol–water partition coefficient (Wildman–Crippen LogP) is 5.70. The van der Waals surface area contributed by atoms with Crippen molar-refractivity contribution in [2.24, 2.45) is 0 Å². The fourth-order valence-electron chi connectivity index (χ4n) is 7.04. The summed E-state index contributed by atoms with van der Waals surface area (Å²) in [5.74, 6) is -0.126. The van der Waals surface area contributed by atoms with Crippen LogP contribution in [0.1, 0.15) is 187 Å². The molecule has 1 aliphatic rings. The molecule has 8 N–H and O–H groups in total. The van der Waals surface area contributed by atoms with Crippen molar-refractivity contribution in [1.29, 1.82) is 0 Å². The molecule has 0 aliphatic carbocycles. The minimum Gasteiger partial charge on any atom is -0.394 e. The first kappa shape index (κ1) is 50.6. The van der Waals surface area contributed by atoms with E-state index in [1.807, 2.05) is 0 Å². The zero-order valence-corrected chi connectivity index (χ0v) is 34.1. The molecule has 12 nitrogen and oxygen atoms in total. The molecule has 320 valence electrons. The second-order valence-corrected chi connectivity index (χ2v) is 15.7. The van der Waals surface area contributed by atoms with Gasteiger partial charge in [-0.1, -0.05) is 149 Å². The van der Waals surface area contributed by atoms with Gasteiger partial charge in [0, 0.05) is 19.4 Å². The first-order valence-electron chi connectivity index (χ1n) is 22.0. The van der Waals surface area contributed by atoms with Gasteiger partial charge in [-0.25, -0.2) is 0 Å². The Balaban J connectivity index is 2.41. The van der Waals surface area contributed by atoms with Crippen molar-refractivity contribution >= 4 is 11.8 Å². The molecule has 1 heterocycles. The lowest BCUT2D eigenvalue weighted by Gasteiger charge is -2.40. The molecule has 0 aromatic heterocycles. The summed E-state index contributed by atoms with van der Waals surface area (Å²) in [6.45, 7) is 4.19. The van der Waals surface area contributed by atoms with E-state index in [-0.39, 0.29) is 24.8 Å². The van der Waals surface area contributed by atoms with Gasteiger partial charge in [0.05, 0.1) is 25.4 Å². The predicted molar refractivity (Wildman–Crippen MR) is 213 cm³/mol. The molecule has 0 saturated carbocycles. The topological polar surface area (TPSA) is 198 Å². The highest BCUT2D eigenvalue weighted by Gasteiger charge is 2.44. The summed E-state index contributed by atoms with van der Waals surface area (Å²) in [5, 5.41) is 68.0. The number of ether oxygens (including phenoxy) is 2. The van der Waals surface area contributed by atoms with Gasteiger partial charge in [-0.15, -0.1) is 0 Å². The van der Waals surface area contributed by atoms with Crippen LogP contribution in [0.5, 0.6) is 0 Å². The van der Waals surface area contributed by atoms with Gasteiger partial charge >= 0.3 is 0 Å². The molecule has 0 aromatic rings. The van der Waals surface area contributed by atoms with E-state index in [2.05, 4.69) is 24.5 Å². The van der Waals surface area contributed by atoms with Gasteiger partial charge in [-0.05, 0) is 25.7 Å². The lowest BCUT2D eigenvalue weighted by Crippen LogP contribution is -2.60. The van der Waals surface area contributed by atoms with Crippen LogP contribution < -0.4 is 10.6 Å². The first-order valence-corrected chi connectivity index (χ1v) is 22.0. The van der Waals surface area contributed by atoms with Gasteiger partial charge in [0.15, 0.2) is 6.29 Å². The number of amides is 2. The summed E-state index contributed by atoms with van der Waals surface area (Å²) < 4.78 is 11.1. The number of carbonyl (C=O) groups excluding carboxylic acids is 2. The Kier molecular flexibility index (Phi) is 31.6. The lowest BCUT2D eigenvalue weighted by molar-refractivity contribution is -0.303. The number of hydrogen-bond acceptors (Lipinski definition) is 10. The third-order valence-electron chi connectivity index (χ3n) is 10.7. The summed E-state index contributed by atoms with van der Waals surface area (Å²) in [7, 11) is 0. The van der Waals surface area contributed by atoms with Gasteiger partial charge in [-0.3, -0.25) is 9.59 Å². The number of hydrogen-bond donors (Lipinski definition) is 8. The molecule has 0 bridgehead atoms. The molecule has 0 aromatic carbocycles. The van der Waals surface area contributed by atoms with E-state index in [4.69, 9.17) is 9.47 Å². The van der Waals surface area contributed by atoms with E-state index in [1.165, 1.54) is 51.4 Å². The summed E-state index contributed by atoms with van der Waals surface area (Å²) in [6.07, 6.45) is 18.1. The minimum atomic E-state index is -1.62. The smallest absolute Gasteiger partial charge is 0.220 e. The molecule has 0 radical (unpaired) electrons. The molecule has 1 saturated heterocycles. The average Bonchev–Trinajstić information content (AvgIpc) is 3.16. The van der Waals surface area contributed by atoms with Crippen molar-refractivity contribution < 1.29 is 49.7 Å². The van der Waals surface area contributed by atoms with E-state index in [1.54, 1.807) is 0 Å². The van der Waals surface area contributed by atoms with Crippen molar-refractivity contribution in [2.75, 3.05) is 19.8 Å². The number of rotatable bonds is 36. The number of unbranched alkanes of at least 4 members (excludes halogenated alkanes) is 21. The van der Waals surface area contributed by atoms with Crippen LogP contribution in [0, 0.1) is 0 Å². The van der Waals surface area contributed by atoms with Crippen molar-refractivity contribution in [1.82, 2.24) is 10.6 Å². The second-order valence-electron chi connectivity index (χ2n) is 15.7. The Labute approximate surface area is 327 Å². The monoisotopic (exact) mass is 775 g/mol. The number of aliphatic hydroxyl groups excluding tert-OH is 6. The first-order chi connectivity index (χ1) is 26.2. The normalized spacial score (nSPS) is 21.8. The molecule has 1 aliphatic heterocycles. The van der Waals surface area contributed by atoms with E-state index in [0.29, 0.717) is 19.3 Å². The van der Waals surface area contributed by atoms with Gasteiger partial charge in [0.2, 0.25) is 11.8 Å². The fraction of sp³-hybridized carbons (Fsp3) is 0.952. The van der Waals surface area contributed by atoms with Gasteiger partial charge in [0.1, 0.15) is 30.5 Å². The van der Waals surface area contributed by atoms with Crippen molar-refractivity contribution in [2.45, 2.75) is 236 Å². The highest BCUT2D eigenvalue weighted by Crippen LogP contribution is 2.23. The molecule has 1 fully saturated rings. The maximum atomic E-state index is 13.0. The molecular weight excluding hydrogens is 692 g/mol. The SMILES string of the molecule is CCCCCCCCCCCCCC[C@@H](O)[C@@H](O)[C@H](CO[C@H]1O[C@H](CO)[C@H](O)[C@H](O)[C@H]1O)NC(=O)CCCCCCCCCCCNC(=O)CCCCC. The molecule has 2 amide bonds. The summed E-state index contributed by atoms with van der Waals surface area (Å²) in [4.78, 5) is 24.7. The summed E-state index contributed by atoms with van der Waals surface area (Å²) in [6, 6.07) is -1.01. The third-order valence-corrected chi connectivity index (χ3v) is 10.7. The summed E-state index contributed by atoms with van der Waals surface area (Å²) >= 11 is 0. The van der Waals surface area contributed by atoms with Gasteiger partial charge < -0.3 is 50.7 Å². The Morgan fingerprint density at radius 1 is 0.611 bits per heavy atom. The van der Waals surface area contributed by atoms with Crippen molar-refractivity contribution in [3.8, 4) is 0 Å². The average molecular weight is 775 g/mol. The van der Waals surface area contributed by atoms with E-state index < -0.39 is 55.6 Å². The van der Waals surface area contributed by atoms with Crippen LogP contribution in [0.15, 0.2) is 0 Å². The number of aliphatic hydroxyl groups is 6. The standard InChI is InChI=1S/C42H82N2O10/c1-3-5-7-8-9-10-11-12-14-17-20-24-27-34(46)38(49)33(32-53-42-41(52)40(51)39(50)35(31-45)54-42)44-37(48)29-25-21-18-15-13-16-19-22-26-30-43-36(47)28-23-6-4-2/h33-35,38-42,45-46,49-52H,3-32H2,1-2H3,(H,43,47)(H,44,48)/t33-,34+,35+,38-,39-,40-,41+,42-/m0/s1. The highest BCUT2D eigenvalue weighted by atomic mass is 16.7. The zero-order valence-electron chi connectivity index (χ0n) is 34.1. The van der Waals surface area contributed by atoms with E-state index in [0.717, 1.165) is 103 Å². The highest BCUT2D eigenvalue weighted by molar-refractivity contribution is 5.76. The van der Waals surface area contributed by atoms with E-state index in [9.17, 15) is 40.2 Å².